The quantitative estimate of drug-likeness (QED) is 0.0261. The number of rotatable bonds is 59. The molecular formula is C70H122O6. The summed E-state index contributed by atoms with van der Waals surface area (Å²) in [7, 11) is 0. The van der Waals surface area contributed by atoms with Crippen molar-refractivity contribution < 1.29 is 28.6 Å². The zero-order valence-corrected chi connectivity index (χ0v) is 50.3. The Morgan fingerprint density at radius 2 is 0.513 bits per heavy atom. The van der Waals surface area contributed by atoms with Gasteiger partial charge in [0.25, 0.3) is 0 Å². The van der Waals surface area contributed by atoms with E-state index in [-0.39, 0.29) is 31.1 Å². The summed E-state index contributed by atoms with van der Waals surface area (Å²) < 4.78 is 16.9. The summed E-state index contributed by atoms with van der Waals surface area (Å²) in [5, 5.41) is 0. The van der Waals surface area contributed by atoms with Crippen LogP contribution >= 0.6 is 0 Å². The molecule has 76 heavy (non-hydrogen) atoms. The van der Waals surface area contributed by atoms with Crippen LogP contribution in [0.3, 0.4) is 0 Å². The van der Waals surface area contributed by atoms with Crippen molar-refractivity contribution in [3.05, 3.63) is 85.1 Å². The number of carbonyl (C=O) groups is 3. The van der Waals surface area contributed by atoms with Gasteiger partial charge in [0.15, 0.2) is 6.10 Å². The topological polar surface area (TPSA) is 78.9 Å². The number of allylic oxidation sites excluding steroid dienone is 14. The normalized spacial score (nSPS) is 12.6. The van der Waals surface area contributed by atoms with Crippen molar-refractivity contribution in [2.75, 3.05) is 13.2 Å². The molecule has 0 saturated carbocycles. The van der Waals surface area contributed by atoms with Crippen LogP contribution in [-0.2, 0) is 28.6 Å². The van der Waals surface area contributed by atoms with Crippen molar-refractivity contribution >= 4 is 17.9 Å². The smallest absolute Gasteiger partial charge is 0.306 e. The lowest BCUT2D eigenvalue weighted by Gasteiger charge is -2.18. The summed E-state index contributed by atoms with van der Waals surface area (Å²) in [5.74, 6) is -0.872. The van der Waals surface area contributed by atoms with E-state index in [2.05, 4.69) is 106 Å². The lowest BCUT2D eigenvalue weighted by atomic mass is 10.0. The first-order valence-electron chi connectivity index (χ1n) is 32.6. The maximum absolute atomic E-state index is 12.9. The first-order chi connectivity index (χ1) is 37.5. The molecule has 0 aliphatic carbocycles. The Labute approximate surface area is 471 Å². The second kappa shape index (κ2) is 64.1. The molecule has 0 heterocycles. The van der Waals surface area contributed by atoms with E-state index < -0.39 is 6.10 Å². The van der Waals surface area contributed by atoms with Gasteiger partial charge in [0, 0.05) is 19.3 Å². The van der Waals surface area contributed by atoms with Crippen LogP contribution in [0.2, 0.25) is 0 Å². The molecule has 0 rings (SSSR count). The van der Waals surface area contributed by atoms with Crippen LogP contribution in [0.5, 0.6) is 0 Å². The Bertz CT molecular complexity index is 1450. The summed E-state index contributed by atoms with van der Waals surface area (Å²) in [6.07, 6.45) is 84.6. The Morgan fingerprint density at radius 3 is 0.803 bits per heavy atom. The summed E-state index contributed by atoms with van der Waals surface area (Å²) in [5.41, 5.74) is 0. The molecule has 0 amide bonds. The lowest BCUT2D eigenvalue weighted by molar-refractivity contribution is -0.167. The van der Waals surface area contributed by atoms with Gasteiger partial charge in [-0.05, 0) is 96.3 Å². The first-order valence-corrected chi connectivity index (χ1v) is 32.6. The second-order valence-corrected chi connectivity index (χ2v) is 21.6. The van der Waals surface area contributed by atoms with Gasteiger partial charge in [0.1, 0.15) is 13.2 Å². The van der Waals surface area contributed by atoms with E-state index in [4.69, 9.17) is 14.2 Å². The fourth-order valence-corrected chi connectivity index (χ4v) is 9.27. The van der Waals surface area contributed by atoms with Crippen molar-refractivity contribution in [2.45, 2.75) is 329 Å². The highest BCUT2D eigenvalue weighted by Gasteiger charge is 2.19. The van der Waals surface area contributed by atoms with Gasteiger partial charge in [-0.2, -0.15) is 0 Å². The fourth-order valence-electron chi connectivity index (χ4n) is 9.27. The zero-order chi connectivity index (χ0) is 55.0. The average Bonchev–Trinajstić information content (AvgIpc) is 3.42. The largest absolute Gasteiger partial charge is 0.462 e. The number of unbranched alkanes of at least 4 members (excludes halogenated alkanes) is 34. The summed E-state index contributed by atoms with van der Waals surface area (Å²) in [4.78, 5) is 38.2. The molecule has 0 aromatic carbocycles. The Kier molecular flexibility index (Phi) is 61.2. The molecule has 0 radical (unpaired) electrons. The lowest BCUT2D eigenvalue weighted by Crippen LogP contribution is -2.30. The van der Waals surface area contributed by atoms with Gasteiger partial charge in [-0.1, -0.05) is 292 Å². The van der Waals surface area contributed by atoms with Gasteiger partial charge >= 0.3 is 17.9 Å². The van der Waals surface area contributed by atoms with Crippen molar-refractivity contribution in [3.8, 4) is 0 Å². The molecule has 6 heteroatoms. The average molecular weight is 1060 g/mol. The number of esters is 3. The molecule has 0 aromatic rings. The third kappa shape index (κ3) is 61.4. The van der Waals surface area contributed by atoms with Crippen LogP contribution in [0.15, 0.2) is 85.1 Å². The summed E-state index contributed by atoms with van der Waals surface area (Å²) >= 11 is 0. The van der Waals surface area contributed by atoms with Crippen LogP contribution < -0.4 is 0 Å². The molecule has 0 fully saturated rings. The Balaban J connectivity index is 4.17. The minimum Gasteiger partial charge on any atom is -0.462 e. The van der Waals surface area contributed by atoms with Crippen LogP contribution in [-0.4, -0.2) is 37.2 Å². The number of carbonyl (C=O) groups excluding carboxylic acids is 3. The molecule has 1 unspecified atom stereocenters. The Morgan fingerprint density at radius 1 is 0.276 bits per heavy atom. The van der Waals surface area contributed by atoms with Gasteiger partial charge in [0.2, 0.25) is 0 Å². The SMILES string of the molecule is CC/C=C\C/C=C\C/C=C\C/C=C\C/C=C\CCCCCCCCCCCCCC(=O)OCC(COC(=O)CCCCCCCCCC)OC(=O)CCCCCCCCCCCCC/C=C\C/C=C\CCCCCCC. The number of ether oxygens (including phenoxy) is 3. The Hall–Kier alpha value is -3.41. The highest BCUT2D eigenvalue weighted by atomic mass is 16.6. The van der Waals surface area contributed by atoms with Gasteiger partial charge in [0.05, 0.1) is 0 Å². The maximum atomic E-state index is 12.9. The number of hydrogen-bond acceptors (Lipinski definition) is 6. The van der Waals surface area contributed by atoms with Crippen molar-refractivity contribution in [1.29, 1.82) is 0 Å². The molecule has 0 aromatic heterocycles. The van der Waals surface area contributed by atoms with Gasteiger partial charge in [-0.15, -0.1) is 0 Å². The monoisotopic (exact) mass is 1060 g/mol. The van der Waals surface area contributed by atoms with E-state index >= 15 is 0 Å². The molecule has 438 valence electrons. The molecule has 0 bridgehead atoms. The molecule has 0 aliphatic heterocycles. The van der Waals surface area contributed by atoms with Crippen LogP contribution in [0.1, 0.15) is 323 Å². The molecule has 0 spiro atoms. The highest BCUT2D eigenvalue weighted by Crippen LogP contribution is 2.17. The van der Waals surface area contributed by atoms with Crippen molar-refractivity contribution in [2.24, 2.45) is 0 Å². The van der Waals surface area contributed by atoms with Crippen LogP contribution in [0.4, 0.5) is 0 Å². The third-order valence-electron chi connectivity index (χ3n) is 14.1. The molecule has 0 aliphatic rings. The van der Waals surface area contributed by atoms with E-state index in [9.17, 15) is 14.4 Å². The maximum Gasteiger partial charge on any atom is 0.306 e. The zero-order valence-electron chi connectivity index (χ0n) is 50.3. The first kappa shape index (κ1) is 72.6. The fraction of sp³-hybridized carbons (Fsp3) is 0.757. The van der Waals surface area contributed by atoms with Gasteiger partial charge in [-0.3, -0.25) is 14.4 Å². The summed E-state index contributed by atoms with van der Waals surface area (Å²) in [6.45, 7) is 6.51. The van der Waals surface area contributed by atoms with E-state index in [0.29, 0.717) is 19.3 Å². The minimum atomic E-state index is -0.777. The van der Waals surface area contributed by atoms with Crippen LogP contribution in [0.25, 0.3) is 0 Å². The molecular weight excluding hydrogens is 937 g/mol. The molecule has 0 saturated heterocycles. The minimum absolute atomic E-state index is 0.0752. The van der Waals surface area contributed by atoms with E-state index in [1.165, 1.54) is 186 Å². The number of hydrogen-bond donors (Lipinski definition) is 0. The third-order valence-corrected chi connectivity index (χ3v) is 14.1. The van der Waals surface area contributed by atoms with Gasteiger partial charge < -0.3 is 14.2 Å². The second-order valence-electron chi connectivity index (χ2n) is 21.6. The predicted molar refractivity (Wildman–Crippen MR) is 330 cm³/mol. The van der Waals surface area contributed by atoms with Crippen molar-refractivity contribution in [3.63, 3.8) is 0 Å². The van der Waals surface area contributed by atoms with E-state index in [0.717, 1.165) is 96.3 Å². The predicted octanol–water partition coefficient (Wildman–Crippen LogP) is 22.3. The van der Waals surface area contributed by atoms with E-state index in [1.807, 2.05) is 0 Å². The standard InChI is InChI=1S/C70H122O6/c1-4-7-10-13-16-19-21-23-25-27-29-31-33-34-35-36-38-39-41-43-45-47-49-51-54-57-60-63-69(72)75-66-67(65-74-68(71)62-59-56-53-18-15-12-9-6-3)76-70(73)64-61-58-55-52-50-48-46-44-42-40-37-32-30-28-26-24-22-20-17-14-11-8-5-2/h7,10,16,19,22-25,28-31,34-35,67H,4-6,8-9,11-15,17-18,20-21,26-27,32-33,36-66H2,1-3H3/b10-7-,19-16-,24-22-,25-23-,30-28-,31-29-,35-34-. The van der Waals surface area contributed by atoms with Crippen LogP contribution in [0, 0.1) is 0 Å². The van der Waals surface area contributed by atoms with Crippen molar-refractivity contribution in [1.82, 2.24) is 0 Å². The molecule has 1 atom stereocenters. The summed E-state index contributed by atoms with van der Waals surface area (Å²) in [6, 6.07) is 0. The highest BCUT2D eigenvalue weighted by molar-refractivity contribution is 5.71. The van der Waals surface area contributed by atoms with E-state index in [1.54, 1.807) is 0 Å². The molecule has 0 N–H and O–H groups in total. The van der Waals surface area contributed by atoms with Gasteiger partial charge in [-0.25, -0.2) is 0 Å². The molecule has 6 nitrogen and oxygen atoms in total.